The fraction of sp³-hybridized carbons (Fsp3) is 0.500. The Morgan fingerprint density at radius 3 is 2.06 bits per heavy atom. The van der Waals surface area contributed by atoms with Crippen LogP contribution in [0, 0.1) is 0 Å². The second-order valence-electron chi connectivity index (χ2n) is 15.2. The lowest BCUT2D eigenvalue weighted by molar-refractivity contribution is 0.0183. The summed E-state index contributed by atoms with van der Waals surface area (Å²) in [4.78, 5) is 51.6. The van der Waals surface area contributed by atoms with Crippen LogP contribution >= 0.6 is 0 Å². The average Bonchev–Trinajstić information content (AvgIpc) is 3.64. The molecule has 50 heavy (non-hydrogen) atoms. The van der Waals surface area contributed by atoms with Gasteiger partial charge in [-0.15, -0.1) is 0 Å². The summed E-state index contributed by atoms with van der Waals surface area (Å²) in [5.41, 5.74) is 0.290. The van der Waals surface area contributed by atoms with Gasteiger partial charge in [-0.25, -0.2) is 24.4 Å². The lowest BCUT2D eigenvalue weighted by Gasteiger charge is -2.33. The number of amides is 3. The normalized spacial score (nSPS) is 14.5. The van der Waals surface area contributed by atoms with Crippen LogP contribution < -0.4 is 4.90 Å². The molecule has 0 unspecified atom stereocenters. The van der Waals surface area contributed by atoms with E-state index in [0.717, 1.165) is 4.90 Å². The first-order chi connectivity index (χ1) is 23.3. The van der Waals surface area contributed by atoms with Crippen LogP contribution in [0.5, 0.6) is 0 Å². The maximum absolute atomic E-state index is 13.6. The highest BCUT2D eigenvalue weighted by molar-refractivity contribution is 6.11. The molecule has 4 heterocycles. The molecule has 1 aliphatic heterocycles. The zero-order valence-electron chi connectivity index (χ0n) is 30.1. The average molecular weight is 691 g/mol. The van der Waals surface area contributed by atoms with E-state index in [-0.39, 0.29) is 36.0 Å². The van der Waals surface area contributed by atoms with Crippen LogP contribution in [0.3, 0.4) is 0 Å². The largest absolute Gasteiger partial charge is 0.444 e. The molecule has 0 bridgehead atoms. The first-order valence-corrected chi connectivity index (χ1v) is 16.6. The molecule has 14 heteroatoms. The van der Waals surface area contributed by atoms with Crippen molar-refractivity contribution in [3.05, 3.63) is 48.4 Å². The molecule has 4 aromatic rings. The number of aromatic nitrogens is 4. The molecule has 1 aromatic carbocycles. The number of hydrogen-bond donors (Lipinski definition) is 1. The van der Waals surface area contributed by atoms with Crippen molar-refractivity contribution in [2.24, 2.45) is 0 Å². The van der Waals surface area contributed by atoms with Crippen molar-refractivity contribution >= 4 is 35.2 Å². The topological polar surface area (TPSA) is 162 Å². The minimum Gasteiger partial charge on any atom is -0.444 e. The number of benzene rings is 1. The number of imide groups is 1. The third kappa shape index (κ3) is 8.59. The van der Waals surface area contributed by atoms with Gasteiger partial charge in [-0.2, -0.15) is 10.00 Å². The molecule has 0 aliphatic carbocycles. The van der Waals surface area contributed by atoms with Crippen molar-refractivity contribution in [2.75, 3.05) is 18.0 Å². The number of aliphatic hydroxyl groups is 1. The van der Waals surface area contributed by atoms with E-state index in [4.69, 9.17) is 23.7 Å². The maximum atomic E-state index is 13.6. The molecule has 0 radical (unpaired) electrons. The van der Waals surface area contributed by atoms with Crippen molar-refractivity contribution in [2.45, 2.75) is 105 Å². The fourth-order valence-corrected chi connectivity index (χ4v) is 5.40. The number of carbonyl (C=O) groups excluding carboxylic acids is 3. The molecule has 5 rings (SSSR count). The predicted molar refractivity (Wildman–Crippen MR) is 185 cm³/mol. The number of nitrogens with zero attached hydrogens (tertiary/aromatic N) is 6. The molecule has 14 nitrogen and oxygen atoms in total. The highest BCUT2D eigenvalue weighted by Crippen LogP contribution is 2.37. The van der Waals surface area contributed by atoms with Gasteiger partial charge in [0.1, 0.15) is 22.3 Å². The van der Waals surface area contributed by atoms with E-state index in [1.807, 2.05) is 33.0 Å². The summed E-state index contributed by atoms with van der Waals surface area (Å²) in [6.45, 7) is 16.3. The Labute approximate surface area is 291 Å². The van der Waals surface area contributed by atoms with Gasteiger partial charge in [0.15, 0.2) is 11.4 Å². The van der Waals surface area contributed by atoms with Crippen molar-refractivity contribution in [1.82, 2.24) is 24.6 Å². The number of ether oxygens (including phenoxy) is 3. The lowest BCUT2D eigenvalue weighted by Crippen LogP contribution is -2.44. The van der Waals surface area contributed by atoms with Crippen LogP contribution in [-0.2, 0) is 20.8 Å². The number of hydrogen-bond acceptors (Lipinski definition) is 11. The van der Waals surface area contributed by atoms with E-state index in [9.17, 15) is 19.5 Å². The van der Waals surface area contributed by atoms with Gasteiger partial charge in [0, 0.05) is 36.6 Å². The lowest BCUT2D eigenvalue weighted by atomic mass is 10.0. The monoisotopic (exact) mass is 690 g/mol. The number of rotatable bonds is 5. The summed E-state index contributed by atoms with van der Waals surface area (Å²) in [6.07, 6.45) is 2.24. The zero-order valence-corrected chi connectivity index (χ0v) is 30.1. The van der Waals surface area contributed by atoms with Crippen LogP contribution in [-0.4, -0.2) is 77.9 Å². The Morgan fingerprint density at radius 1 is 0.900 bits per heavy atom. The molecule has 0 saturated carbocycles. The Balaban J connectivity index is 1.56. The van der Waals surface area contributed by atoms with Crippen LogP contribution in [0.25, 0.3) is 33.7 Å². The molecule has 1 fully saturated rings. The number of piperidine rings is 1. The highest BCUT2D eigenvalue weighted by atomic mass is 16.6. The number of likely N-dealkylation sites (tertiary alicyclic amines) is 1. The van der Waals surface area contributed by atoms with Crippen molar-refractivity contribution in [3.8, 4) is 22.6 Å². The number of aliphatic hydroxyl groups excluding tert-OH is 1. The van der Waals surface area contributed by atoms with Crippen LogP contribution in [0.4, 0.5) is 20.2 Å². The minimum absolute atomic E-state index is 0.0358. The van der Waals surface area contributed by atoms with E-state index >= 15 is 0 Å². The number of pyridine rings is 1. The standard InChI is InChI=1S/C36H46N6O8/c1-34(2,3)48-31(44)40-16-14-23(15-17-40)41-20-25(27(21-43)39-41)22-18-24(30-38-26-12-10-11-13-28(26)47-30)29(37-19-22)42(32(45)49-35(4,5)6)33(46)50-36(7,8)9/h10-13,18-20,23,43H,14-17,21H2,1-9H3. The molecule has 3 aromatic heterocycles. The van der Waals surface area contributed by atoms with Crippen molar-refractivity contribution in [3.63, 3.8) is 0 Å². The van der Waals surface area contributed by atoms with E-state index in [0.29, 0.717) is 53.9 Å². The summed E-state index contributed by atoms with van der Waals surface area (Å²) < 4.78 is 24.7. The van der Waals surface area contributed by atoms with Gasteiger partial charge in [0.05, 0.1) is 23.9 Å². The Bertz CT molecular complexity index is 1810. The van der Waals surface area contributed by atoms with Gasteiger partial charge >= 0.3 is 18.3 Å². The Morgan fingerprint density at radius 2 is 1.50 bits per heavy atom. The number of anilines is 1. The summed E-state index contributed by atoms with van der Waals surface area (Å²) in [7, 11) is 0. The van der Waals surface area contributed by atoms with E-state index < -0.39 is 29.0 Å². The fourth-order valence-electron chi connectivity index (χ4n) is 5.40. The molecule has 0 atom stereocenters. The van der Waals surface area contributed by atoms with Crippen LogP contribution in [0.2, 0.25) is 0 Å². The first kappa shape index (κ1) is 36.3. The van der Waals surface area contributed by atoms with Crippen LogP contribution in [0.15, 0.2) is 47.1 Å². The number of carbonyl (C=O) groups is 3. The number of fused-ring (bicyclic) bond motifs is 1. The Hall–Kier alpha value is -4.98. The van der Waals surface area contributed by atoms with E-state index in [1.54, 1.807) is 75.4 Å². The molecule has 3 amide bonds. The minimum atomic E-state index is -0.994. The van der Waals surface area contributed by atoms with Gasteiger partial charge < -0.3 is 28.6 Å². The quantitative estimate of drug-likeness (QED) is 0.206. The van der Waals surface area contributed by atoms with Crippen LogP contribution in [0.1, 0.15) is 86.9 Å². The molecule has 0 spiro atoms. The second-order valence-corrected chi connectivity index (χ2v) is 15.2. The molecular formula is C36H46N6O8. The molecule has 268 valence electrons. The molecular weight excluding hydrogens is 644 g/mol. The Kier molecular flexibility index (Phi) is 9.97. The molecule has 1 saturated heterocycles. The third-order valence-electron chi connectivity index (χ3n) is 7.51. The third-order valence-corrected chi connectivity index (χ3v) is 7.51. The second kappa shape index (κ2) is 13.7. The maximum Gasteiger partial charge on any atom is 0.425 e. The van der Waals surface area contributed by atoms with Crippen molar-refractivity contribution in [1.29, 1.82) is 0 Å². The SMILES string of the molecule is CC(C)(C)OC(=O)N1CCC(n2cc(-c3cnc(N(C(=O)OC(C)(C)C)C(=O)OC(C)(C)C)c(-c4nc5ccccc5o4)c3)c(CO)n2)CC1. The first-order valence-electron chi connectivity index (χ1n) is 16.6. The summed E-state index contributed by atoms with van der Waals surface area (Å²) >= 11 is 0. The number of oxazole rings is 1. The van der Waals surface area contributed by atoms with Gasteiger partial charge in [-0.1, -0.05) is 12.1 Å². The van der Waals surface area contributed by atoms with Gasteiger partial charge in [-0.3, -0.25) is 4.68 Å². The summed E-state index contributed by atoms with van der Waals surface area (Å²) in [6, 6.07) is 8.80. The smallest absolute Gasteiger partial charge is 0.425 e. The van der Waals surface area contributed by atoms with Gasteiger partial charge in [0.25, 0.3) is 0 Å². The van der Waals surface area contributed by atoms with E-state index in [1.165, 1.54) is 6.20 Å². The van der Waals surface area contributed by atoms with E-state index in [2.05, 4.69) is 9.97 Å². The zero-order chi connectivity index (χ0) is 36.6. The highest BCUT2D eigenvalue weighted by Gasteiger charge is 2.37. The summed E-state index contributed by atoms with van der Waals surface area (Å²) in [5, 5.41) is 15.1. The van der Waals surface area contributed by atoms with Gasteiger partial charge in [-0.05, 0) is 93.4 Å². The van der Waals surface area contributed by atoms with Crippen molar-refractivity contribution < 1.29 is 38.1 Å². The summed E-state index contributed by atoms with van der Waals surface area (Å²) in [5.74, 6) is -0.0172. The number of para-hydroxylation sites is 2. The molecule has 1 N–H and O–H groups in total. The van der Waals surface area contributed by atoms with Gasteiger partial charge in [0.2, 0.25) is 5.89 Å². The predicted octanol–water partition coefficient (Wildman–Crippen LogP) is 7.49. The molecule has 1 aliphatic rings.